The van der Waals surface area contributed by atoms with E-state index in [4.69, 9.17) is 9.47 Å². The van der Waals surface area contributed by atoms with Crippen molar-refractivity contribution in [1.82, 2.24) is 19.6 Å². The largest absolute Gasteiger partial charge is 0.457 e. The number of ketones is 1. The molecule has 0 spiro atoms. The molecule has 0 fully saturated rings. The molecule has 48 heavy (non-hydrogen) atoms. The minimum absolute atomic E-state index is 0.0115. The van der Waals surface area contributed by atoms with Gasteiger partial charge >= 0.3 is 0 Å². The Morgan fingerprint density at radius 1 is 0.562 bits per heavy atom. The fraction of sp³-hybridized carbons (Fsp3) is 0.114. The number of ether oxygens (including phenoxy) is 2. The molecule has 0 saturated heterocycles. The van der Waals surface area contributed by atoms with Crippen LogP contribution in [0.25, 0.3) is 22.5 Å². The van der Waals surface area contributed by atoms with Crippen LogP contribution in [0.5, 0.6) is 23.0 Å². The van der Waals surface area contributed by atoms with E-state index in [1.165, 1.54) is 48.5 Å². The van der Waals surface area contributed by atoms with Gasteiger partial charge in [0.05, 0.1) is 21.2 Å². The van der Waals surface area contributed by atoms with Crippen molar-refractivity contribution in [3.8, 4) is 45.5 Å². The first-order chi connectivity index (χ1) is 23.1. The Morgan fingerprint density at radius 3 is 1.19 bits per heavy atom. The van der Waals surface area contributed by atoms with E-state index >= 15 is 0 Å². The molecule has 0 radical (unpaired) electrons. The number of nitro groups is 2. The van der Waals surface area contributed by atoms with Gasteiger partial charge in [0, 0.05) is 47.8 Å². The summed E-state index contributed by atoms with van der Waals surface area (Å²) in [7, 11) is 0. The van der Waals surface area contributed by atoms with Gasteiger partial charge in [0.25, 0.3) is 11.4 Å². The van der Waals surface area contributed by atoms with Crippen LogP contribution in [-0.2, 0) is 4.79 Å². The Balaban J connectivity index is 1.06. The highest BCUT2D eigenvalue weighted by atomic mass is 16.6. The summed E-state index contributed by atoms with van der Waals surface area (Å²) in [5, 5.41) is 31.0. The van der Waals surface area contributed by atoms with Gasteiger partial charge in [0.2, 0.25) is 0 Å². The second-order valence-corrected chi connectivity index (χ2v) is 10.9. The summed E-state index contributed by atoms with van der Waals surface area (Å²) in [6.45, 7) is 3.59. The number of carbonyl (C=O) groups excluding carboxylic acids is 1. The van der Waals surface area contributed by atoms with Crippen molar-refractivity contribution in [1.29, 1.82) is 0 Å². The zero-order valence-corrected chi connectivity index (χ0v) is 25.7. The van der Waals surface area contributed by atoms with Gasteiger partial charge in [-0.05, 0) is 98.8 Å². The zero-order valence-electron chi connectivity index (χ0n) is 25.7. The second kappa shape index (κ2) is 13.4. The maximum atomic E-state index is 13.5. The Bertz CT molecular complexity index is 1920. The minimum atomic E-state index is -0.554. The van der Waals surface area contributed by atoms with Crippen LogP contribution in [-0.4, -0.2) is 35.2 Å². The third-order valence-electron chi connectivity index (χ3n) is 7.70. The van der Waals surface area contributed by atoms with Gasteiger partial charge in [-0.2, -0.15) is 10.2 Å². The predicted molar refractivity (Wildman–Crippen MR) is 176 cm³/mol. The zero-order chi connectivity index (χ0) is 33.8. The molecule has 2 heterocycles. The van der Waals surface area contributed by atoms with Crippen LogP contribution in [0.3, 0.4) is 0 Å². The maximum Gasteiger partial charge on any atom is 0.269 e. The minimum Gasteiger partial charge on any atom is -0.457 e. The average molecular weight is 645 g/mol. The van der Waals surface area contributed by atoms with Gasteiger partial charge in [0.15, 0.2) is 5.78 Å². The lowest BCUT2D eigenvalue weighted by Crippen LogP contribution is -2.26. The summed E-state index contributed by atoms with van der Waals surface area (Å²) in [6, 6.07) is 28.8. The van der Waals surface area contributed by atoms with Crippen molar-refractivity contribution in [3.63, 3.8) is 0 Å². The molecular weight excluding hydrogens is 616 g/mol. The van der Waals surface area contributed by atoms with Gasteiger partial charge in [0.1, 0.15) is 35.1 Å². The monoisotopic (exact) mass is 644 g/mol. The molecule has 0 amide bonds. The molecule has 2 aromatic heterocycles. The Morgan fingerprint density at radius 2 is 0.875 bits per heavy atom. The number of nitro benzene ring substituents is 2. The fourth-order valence-corrected chi connectivity index (χ4v) is 4.96. The maximum absolute atomic E-state index is 13.5. The number of nitrogens with zero attached hydrogens (tertiary/aromatic N) is 6. The summed E-state index contributed by atoms with van der Waals surface area (Å²) in [4.78, 5) is 34.2. The Hall–Kier alpha value is -6.63. The van der Waals surface area contributed by atoms with Crippen molar-refractivity contribution in [2.45, 2.75) is 25.9 Å². The van der Waals surface area contributed by atoms with Crippen LogP contribution in [0, 0.1) is 20.2 Å². The highest BCUT2D eigenvalue weighted by Crippen LogP contribution is 2.29. The highest BCUT2D eigenvalue weighted by Gasteiger charge is 2.24. The number of hydrogen-bond donors (Lipinski definition) is 0. The van der Waals surface area contributed by atoms with E-state index < -0.39 is 21.9 Å². The molecule has 0 aliphatic carbocycles. The fourth-order valence-electron chi connectivity index (χ4n) is 4.96. The normalized spacial score (nSPS) is 12.2. The molecule has 2 atom stereocenters. The molecule has 0 aliphatic heterocycles. The molecular formula is C35H28N6O7. The highest BCUT2D eigenvalue weighted by molar-refractivity contribution is 5.85. The second-order valence-electron chi connectivity index (χ2n) is 10.9. The first-order valence-electron chi connectivity index (χ1n) is 14.8. The standard InChI is InChI=1S/C35H28N6O7/c1-23(38-21-19-33(36-38)25-3-11-29(12-4-25)47-31-15-7-27(8-16-31)40(43)44)35(42)24(2)39-22-20-34(37-39)26-5-13-30(14-6-26)48-32-17-9-28(10-18-32)41(45)46/h3-24H,1-2H3. The molecule has 13 nitrogen and oxygen atoms in total. The molecule has 240 valence electrons. The third-order valence-corrected chi connectivity index (χ3v) is 7.70. The van der Waals surface area contributed by atoms with Crippen molar-refractivity contribution in [3.05, 3.63) is 142 Å². The van der Waals surface area contributed by atoms with E-state index in [2.05, 4.69) is 10.2 Å². The van der Waals surface area contributed by atoms with Crippen molar-refractivity contribution in [2.75, 3.05) is 0 Å². The topological polar surface area (TPSA) is 157 Å². The van der Waals surface area contributed by atoms with E-state index in [-0.39, 0.29) is 17.2 Å². The van der Waals surface area contributed by atoms with Crippen LogP contribution < -0.4 is 9.47 Å². The number of aromatic nitrogens is 4. The molecule has 13 heteroatoms. The summed E-state index contributed by atoms with van der Waals surface area (Å²) in [5.41, 5.74) is 3.01. The van der Waals surface area contributed by atoms with Crippen molar-refractivity contribution >= 4 is 17.2 Å². The van der Waals surface area contributed by atoms with Gasteiger partial charge in [-0.15, -0.1) is 0 Å². The average Bonchev–Trinajstić information content (AvgIpc) is 3.80. The van der Waals surface area contributed by atoms with Gasteiger partial charge < -0.3 is 9.47 Å². The summed E-state index contributed by atoms with van der Waals surface area (Å²) in [6.07, 6.45) is 3.53. The van der Waals surface area contributed by atoms with E-state index in [0.717, 1.165) is 11.1 Å². The molecule has 0 N–H and O–H groups in total. The number of carbonyl (C=O) groups is 1. The molecule has 0 bridgehead atoms. The van der Waals surface area contributed by atoms with Gasteiger partial charge in [-0.25, -0.2) is 0 Å². The SMILES string of the molecule is CC(C(=O)C(C)n1ccc(-c2ccc(Oc3ccc([N+](=O)[O-])cc3)cc2)n1)n1ccc(-c2ccc(Oc3ccc([N+](=O)[O-])cc3)cc2)n1. The first-order valence-corrected chi connectivity index (χ1v) is 14.8. The number of non-ortho nitro benzene ring substituents is 2. The number of benzene rings is 4. The number of rotatable bonds is 12. The predicted octanol–water partition coefficient (Wildman–Crippen LogP) is 8.21. The smallest absolute Gasteiger partial charge is 0.269 e. The van der Waals surface area contributed by atoms with E-state index in [9.17, 15) is 25.0 Å². The van der Waals surface area contributed by atoms with Crippen molar-refractivity contribution in [2.24, 2.45) is 0 Å². The molecule has 4 aromatic carbocycles. The Labute approximate surface area is 273 Å². The van der Waals surface area contributed by atoms with E-state index in [0.29, 0.717) is 34.4 Å². The molecule has 2 unspecified atom stereocenters. The lowest BCUT2D eigenvalue weighted by molar-refractivity contribution is -0.385. The van der Waals surface area contributed by atoms with Crippen LogP contribution in [0.1, 0.15) is 25.9 Å². The first kappa shape index (κ1) is 31.4. The van der Waals surface area contributed by atoms with Crippen LogP contribution in [0.15, 0.2) is 122 Å². The van der Waals surface area contributed by atoms with Gasteiger partial charge in [-0.3, -0.25) is 34.4 Å². The van der Waals surface area contributed by atoms with E-state index in [1.807, 2.05) is 36.4 Å². The van der Waals surface area contributed by atoms with Crippen LogP contribution in [0.4, 0.5) is 11.4 Å². The molecule has 0 aliphatic rings. The van der Waals surface area contributed by atoms with Crippen LogP contribution in [0.2, 0.25) is 0 Å². The third kappa shape index (κ3) is 6.94. The molecule has 6 rings (SSSR count). The number of hydrogen-bond acceptors (Lipinski definition) is 9. The lowest BCUT2D eigenvalue weighted by Gasteiger charge is -2.17. The summed E-state index contributed by atoms with van der Waals surface area (Å²) >= 11 is 0. The van der Waals surface area contributed by atoms with Crippen LogP contribution >= 0.6 is 0 Å². The summed E-state index contributed by atoms with van der Waals surface area (Å²) < 4.78 is 14.8. The molecule has 6 aromatic rings. The quantitative estimate of drug-likeness (QED) is 0.0945. The van der Waals surface area contributed by atoms with E-state index in [1.54, 1.807) is 59.9 Å². The van der Waals surface area contributed by atoms with Gasteiger partial charge in [-0.1, -0.05) is 0 Å². The lowest BCUT2D eigenvalue weighted by atomic mass is 10.1. The number of Topliss-reactive ketones (excluding diaryl/α,β-unsaturated/α-hetero) is 1. The van der Waals surface area contributed by atoms with Crippen molar-refractivity contribution < 1.29 is 24.1 Å². The molecule has 0 saturated carbocycles. The Kier molecular flexibility index (Phi) is 8.74. The summed E-state index contributed by atoms with van der Waals surface area (Å²) in [5.74, 6) is 2.02.